The van der Waals surface area contributed by atoms with Gasteiger partial charge >= 0.3 is 0 Å². The molecule has 0 spiro atoms. The number of hydrogen-bond donors (Lipinski definition) is 1. The lowest BCUT2D eigenvalue weighted by Gasteiger charge is -2.43. The SMILES string of the molecule is CCC1CCCCC1(CC)NC=[P]. The van der Waals surface area contributed by atoms with Crippen LogP contribution in [0.5, 0.6) is 0 Å². The Morgan fingerprint density at radius 3 is 2.77 bits per heavy atom. The minimum Gasteiger partial charge on any atom is -0.285 e. The van der Waals surface area contributed by atoms with E-state index in [2.05, 4.69) is 28.0 Å². The van der Waals surface area contributed by atoms with Crippen LogP contribution in [-0.4, -0.2) is 11.5 Å². The predicted octanol–water partition coefficient (Wildman–Crippen LogP) is 3.50. The Morgan fingerprint density at radius 1 is 1.46 bits per heavy atom. The van der Waals surface area contributed by atoms with E-state index in [-0.39, 0.29) is 0 Å². The quantitative estimate of drug-likeness (QED) is 0.682. The maximum Gasteiger partial charge on any atom is 0.0249 e. The average Bonchev–Trinajstić information content (AvgIpc) is 2.19. The van der Waals surface area contributed by atoms with E-state index in [9.17, 15) is 0 Å². The van der Waals surface area contributed by atoms with Gasteiger partial charge < -0.3 is 0 Å². The smallest absolute Gasteiger partial charge is 0.0249 e. The summed E-state index contributed by atoms with van der Waals surface area (Å²) in [5.74, 6) is 2.67. The molecule has 1 rings (SSSR count). The first-order chi connectivity index (χ1) is 6.29. The molecule has 2 atom stereocenters. The summed E-state index contributed by atoms with van der Waals surface area (Å²) < 4.78 is 0. The summed E-state index contributed by atoms with van der Waals surface area (Å²) in [6.45, 7) is 4.60. The summed E-state index contributed by atoms with van der Waals surface area (Å²) in [5.41, 5.74) is 0.356. The molecule has 0 aromatic carbocycles. The molecular formula is C11H21NP. The highest BCUT2D eigenvalue weighted by Crippen LogP contribution is 2.37. The van der Waals surface area contributed by atoms with E-state index in [0.717, 1.165) is 5.92 Å². The highest BCUT2D eigenvalue weighted by Gasteiger charge is 2.36. The summed E-state index contributed by atoms with van der Waals surface area (Å²) in [7, 11) is 4.18. The van der Waals surface area contributed by atoms with Crippen molar-refractivity contribution in [3.63, 3.8) is 0 Å². The minimum absolute atomic E-state index is 0.356. The molecule has 0 aliphatic heterocycles. The molecule has 2 unspecified atom stereocenters. The number of rotatable bonds is 4. The van der Waals surface area contributed by atoms with Crippen LogP contribution in [0.3, 0.4) is 0 Å². The molecule has 0 aromatic rings. The minimum atomic E-state index is 0.356. The van der Waals surface area contributed by atoms with Gasteiger partial charge in [0.25, 0.3) is 0 Å². The molecule has 1 aliphatic carbocycles. The molecule has 13 heavy (non-hydrogen) atoms. The summed E-state index contributed by atoms with van der Waals surface area (Å²) in [6.07, 6.45) is 8.01. The van der Waals surface area contributed by atoms with Gasteiger partial charge in [-0.15, -0.1) is 0 Å². The molecule has 1 saturated carbocycles. The molecular weight excluding hydrogens is 177 g/mol. The molecule has 0 aromatic heterocycles. The molecule has 75 valence electrons. The van der Waals surface area contributed by atoms with Crippen molar-refractivity contribution in [2.75, 3.05) is 0 Å². The fraction of sp³-hybridized carbons (Fsp3) is 0.909. The lowest BCUT2D eigenvalue weighted by Crippen LogP contribution is -2.51. The van der Waals surface area contributed by atoms with Gasteiger partial charge in [-0.1, -0.05) is 33.1 Å². The van der Waals surface area contributed by atoms with E-state index in [0.29, 0.717) is 5.54 Å². The van der Waals surface area contributed by atoms with Gasteiger partial charge in [0.1, 0.15) is 0 Å². The molecule has 0 saturated heterocycles. The van der Waals surface area contributed by atoms with E-state index in [1.165, 1.54) is 38.5 Å². The van der Waals surface area contributed by atoms with Crippen LogP contribution in [0.4, 0.5) is 0 Å². The van der Waals surface area contributed by atoms with Crippen molar-refractivity contribution in [2.45, 2.75) is 57.9 Å². The topological polar surface area (TPSA) is 12.0 Å². The van der Waals surface area contributed by atoms with Crippen LogP contribution >= 0.6 is 8.86 Å². The third-order valence-electron chi connectivity index (χ3n) is 3.68. The number of nitrogens with one attached hydrogen (secondary N) is 1. The van der Waals surface area contributed by atoms with Crippen molar-refractivity contribution in [1.82, 2.24) is 5.32 Å². The van der Waals surface area contributed by atoms with Gasteiger partial charge in [0.2, 0.25) is 0 Å². The van der Waals surface area contributed by atoms with Gasteiger partial charge in [-0.25, -0.2) is 0 Å². The largest absolute Gasteiger partial charge is 0.285 e. The maximum atomic E-state index is 4.18. The van der Waals surface area contributed by atoms with Crippen LogP contribution in [0.15, 0.2) is 0 Å². The standard InChI is InChI=1S/C11H21NP/c1-3-10-7-5-6-8-11(10,4-2)12-9-13/h9-10,12H,3-8H2,1-2H3. The van der Waals surface area contributed by atoms with E-state index in [1.54, 1.807) is 0 Å². The Balaban J connectivity index is 2.71. The first-order valence-electron chi connectivity index (χ1n) is 5.52. The second-order valence-electron chi connectivity index (χ2n) is 4.13. The van der Waals surface area contributed by atoms with Crippen LogP contribution < -0.4 is 5.32 Å². The monoisotopic (exact) mass is 198 g/mol. The molecule has 1 radical (unpaired) electrons. The normalized spacial score (nSPS) is 34.5. The van der Waals surface area contributed by atoms with Gasteiger partial charge in [0.15, 0.2) is 0 Å². The molecule has 1 nitrogen and oxygen atoms in total. The highest BCUT2D eigenvalue weighted by atomic mass is 31.0. The summed E-state index contributed by atoms with van der Waals surface area (Å²) in [5, 5.41) is 3.49. The van der Waals surface area contributed by atoms with Gasteiger partial charge in [-0.2, -0.15) is 0 Å². The van der Waals surface area contributed by atoms with Crippen LogP contribution in [-0.2, 0) is 0 Å². The zero-order valence-corrected chi connectivity index (χ0v) is 9.74. The van der Waals surface area contributed by atoms with E-state index < -0.39 is 0 Å². The molecule has 0 heterocycles. The molecule has 1 fully saturated rings. The van der Waals surface area contributed by atoms with Crippen molar-refractivity contribution < 1.29 is 0 Å². The first kappa shape index (κ1) is 11.2. The van der Waals surface area contributed by atoms with Crippen molar-refractivity contribution in [1.29, 1.82) is 0 Å². The third-order valence-corrected chi connectivity index (χ3v) is 3.81. The number of hydrogen-bond acceptors (Lipinski definition) is 0. The molecule has 1 aliphatic rings. The Labute approximate surface area is 84.5 Å². The van der Waals surface area contributed by atoms with Crippen LogP contribution in [0.25, 0.3) is 0 Å². The third kappa shape index (κ3) is 2.33. The Bertz CT molecular complexity index is 169. The second-order valence-corrected chi connectivity index (χ2v) is 4.39. The summed E-state index contributed by atoms with van der Waals surface area (Å²) >= 11 is 0. The van der Waals surface area contributed by atoms with Crippen molar-refractivity contribution in [3.8, 4) is 0 Å². The van der Waals surface area contributed by atoms with E-state index in [1.807, 2.05) is 5.92 Å². The van der Waals surface area contributed by atoms with Gasteiger partial charge in [0.05, 0.1) is 0 Å². The average molecular weight is 198 g/mol. The zero-order valence-electron chi connectivity index (χ0n) is 8.84. The first-order valence-corrected chi connectivity index (χ1v) is 6.04. The van der Waals surface area contributed by atoms with E-state index >= 15 is 0 Å². The highest BCUT2D eigenvalue weighted by molar-refractivity contribution is 7.18. The second kappa shape index (κ2) is 5.12. The Kier molecular flexibility index (Phi) is 4.41. The zero-order chi connectivity index (χ0) is 9.73. The lowest BCUT2D eigenvalue weighted by molar-refractivity contribution is 0.156. The van der Waals surface area contributed by atoms with Crippen LogP contribution in [0, 0.1) is 5.92 Å². The molecule has 1 N–H and O–H groups in total. The Hall–Kier alpha value is 0.130. The molecule has 0 bridgehead atoms. The summed E-state index contributed by atoms with van der Waals surface area (Å²) in [6, 6.07) is 0. The van der Waals surface area contributed by atoms with Crippen molar-refractivity contribution >= 4 is 14.8 Å². The predicted molar refractivity (Wildman–Crippen MR) is 61.4 cm³/mol. The molecule has 0 amide bonds. The summed E-state index contributed by atoms with van der Waals surface area (Å²) in [4.78, 5) is 0. The van der Waals surface area contributed by atoms with Crippen LogP contribution in [0.1, 0.15) is 52.4 Å². The molecule has 2 heteroatoms. The van der Waals surface area contributed by atoms with Gasteiger partial charge in [0, 0.05) is 11.5 Å². The fourth-order valence-corrected chi connectivity index (χ4v) is 3.05. The van der Waals surface area contributed by atoms with Crippen LogP contribution in [0.2, 0.25) is 0 Å². The van der Waals surface area contributed by atoms with Gasteiger partial charge in [-0.05, 0) is 34.0 Å². The lowest BCUT2D eigenvalue weighted by atomic mass is 9.70. The maximum absolute atomic E-state index is 4.18. The van der Waals surface area contributed by atoms with Crippen molar-refractivity contribution in [3.05, 3.63) is 0 Å². The van der Waals surface area contributed by atoms with Gasteiger partial charge in [-0.3, -0.25) is 5.32 Å². The Morgan fingerprint density at radius 2 is 2.23 bits per heavy atom. The van der Waals surface area contributed by atoms with Crippen molar-refractivity contribution in [2.24, 2.45) is 5.92 Å². The fourth-order valence-electron chi connectivity index (χ4n) is 2.79. The van der Waals surface area contributed by atoms with E-state index in [4.69, 9.17) is 0 Å².